The van der Waals surface area contributed by atoms with Crippen LogP contribution in [0.15, 0.2) is 12.1 Å². The first-order chi connectivity index (χ1) is 7.34. The number of hydrogen-bond acceptors (Lipinski definition) is 6. The zero-order chi connectivity index (χ0) is 12.5. The molecule has 1 rings (SSSR count). The Morgan fingerprint density at radius 2 is 1.81 bits per heavy atom. The van der Waals surface area contributed by atoms with Crippen LogP contribution in [0.3, 0.4) is 0 Å². The monoisotopic (exact) mass is 246 g/mol. The maximum Gasteiger partial charge on any atom is 0.115 e. The Hall–Kier alpha value is -1.05. The summed E-state index contributed by atoms with van der Waals surface area (Å²) in [7, 11) is 0. The molecule has 0 atom stereocenters. The minimum atomic E-state index is -0.616. The molecular formula is C9H11ClN2O4-2. The van der Waals surface area contributed by atoms with Crippen LogP contribution in [0.25, 0.3) is 0 Å². The summed E-state index contributed by atoms with van der Waals surface area (Å²) in [6.07, 6.45) is 0. The van der Waals surface area contributed by atoms with Crippen molar-refractivity contribution in [3.05, 3.63) is 33.1 Å². The summed E-state index contributed by atoms with van der Waals surface area (Å²) in [5, 5.41) is 38.3. The highest BCUT2D eigenvalue weighted by molar-refractivity contribution is 6.34. The predicted octanol–water partition coefficient (Wildman–Crippen LogP) is 2.85. The van der Waals surface area contributed by atoms with Gasteiger partial charge >= 0.3 is 0 Å². The van der Waals surface area contributed by atoms with Gasteiger partial charge < -0.3 is 15.6 Å². The molecule has 0 aliphatic heterocycles. The number of rotatable bonds is 3. The van der Waals surface area contributed by atoms with Crippen molar-refractivity contribution in [3.63, 3.8) is 0 Å². The van der Waals surface area contributed by atoms with Crippen molar-refractivity contribution in [3.8, 4) is 0 Å². The van der Waals surface area contributed by atoms with E-state index in [4.69, 9.17) is 22.0 Å². The molecule has 0 radical (unpaired) electrons. The Labute approximate surface area is 97.3 Å². The normalized spacial score (nSPS) is 10.8. The Kier molecular flexibility index (Phi) is 3.95. The molecule has 0 aliphatic rings. The Morgan fingerprint density at radius 3 is 2.19 bits per heavy atom. The standard InChI is InChI=1S/C9H11ClN2O4/c1-5(2)7-3-6(11(13)14)4-8(9(7)10)12(15)16/h3-5,15-16H,1-2H3/q-2. The molecule has 0 saturated heterocycles. The van der Waals surface area contributed by atoms with Crippen molar-refractivity contribution in [1.29, 1.82) is 0 Å². The van der Waals surface area contributed by atoms with Gasteiger partial charge in [-0.3, -0.25) is 10.4 Å². The smallest absolute Gasteiger partial charge is 0.115 e. The number of hydrogen-bond donors (Lipinski definition) is 2. The van der Waals surface area contributed by atoms with Crippen LogP contribution in [0.2, 0.25) is 5.02 Å². The molecule has 16 heavy (non-hydrogen) atoms. The zero-order valence-corrected chi connectivity index (χ0v) is 9.47. The molecule has 7 heteroatoms. The van der Waals surface area contributed by atoms with E-state index in [0.717, 1.165) is 6.07 Å². The largest absolute Gasteiger partial charge is 0.769 e. The second kappa shape index (κ2) is 4.86. The van der Waals surface area contributed by atoms with Gasteiger partial charge in [-0.2, -0.15) is 0 Å². The second-order valence-electron chi connectivity index (χ2n) is 3.57. The lowest BCUT2D eigenvalue weighted by atomic mass is 10.0. The molecule has 0 amide bonds. The van der Waals surface area contributed by atoms with E-state index < -0.39 is 5.23 Å². The maximum absolute atomic E-state index is 10.6. The van der Waals surface area contributed by atoms with Crippen molar-refractivity contribution in [2.45, 2.75) is 19.8 Å². The van der Waals surface area contributed by atoms with Crippen LogP contribution in [-0.2, 0) is 0 Å². The summed E-state index contributed by atoms with van der Waals surface area (Å²) in [6.45, 7) is 3.60. The molecule has 1 aromatic carbocycles. The SMILES string of the molecule is CC(C)c1cc(N([O-])[O-])cc(N(O)O)c1Cl. The third kappa shape index (κ3) is 2.55. The van der Waals surface area contributed by atoms with Crippen molar-refractivity contribution in [2.75, 3.05) is 10.5 Å². The van der Waals surface area contributed by atoms with Crippen LogP contribution in [0.1, 0.15) is 25.3 Å². The fraction of sp³-hybridized carbons (Fsp3) is 0.333. The van der Waals surface area contributed by atoms with Crippen LogP contribution < -0.4 is 10.5 Å². The molecule has 0 spiro atoms. The molecule has 0 aliphatic carbocycles. The molecule has 1 aromatic rings. The molecule has 2 N–H and O–H groups in total. The Balaban J connectivity index is 3.39. The van der Waals surface area contributed by atoms with E-state index in [1.165, 1.54) is 6.07 Å². The maximum atomic E-state index is 10.6. The minimum Gasteiger partial charge on any atom is -0.769 e. The lowest BCUT2D eigenvalue weighted by molar-refractivity contribution is 0.0292. The average molecular weight is 247 g/mol. The van der Waals surface area contributed by atoms with Gasteiger partial charge in [0.2, 0.25) is 0 Å². The van der Waals surface area contributed by atoms with Gasteiger partial charge in [-0.05, 0) is 23.6 Å². The summed E-state index contributed by atoms with van der Waals surface area (Å²) >= 11 is 5.89. The predicted molar refractivity (Wildman–Crippen MR) is 60.8 cm³/mol. The lowest BCUT2D eigenvalue weighted by Gasteiger charge is -2.38. The highest BCUT2D eigenvalue weighted by Crippen LogP contribution is 2.36. The average Bonchev–Trinajstić information content (AvgIpc) is 2.16. The first kappa shape index (κ1) is 13.0. The van der Waals surface area contributed by atoms with E-state index in [1.807, 2.05) is 0 Å². The molecule has 0 bridgehead atoms. The topological polar surface area (TPSA) is 93.1 Å². The molecule has 90 valence electrons. The number of anilines is 2. The lowest BCUT2D eigenvalue weighted by Crippen LogP contribution is -2.14. The number of nitrogens with zero attached hydrogens (tertiary/aromatic N) is 2. The van der Waals surface area contributed by atoms with E-state index in [0.29, 0.717) is 5.56 Å². The summed E-state index contributed by atoms with van der Waals surface area (Å²) in [5.41, 5.74) is 0.0368. The van der Waals surface area contributed by atoms with Gasteiger partial charge in [0.05, 0.1) is 5.02 Å². The van der Waals surface area contributed by atoms with E-state index in [9.17, 15) is 10.4 Å². The molecule has 0 aromatic heterocycles. The highest BCUT2D eigenvalue weighted by Gasteiger charge is 2.14. The molecule has 0 heterocycles. The Bertz CT molecular complexity index is 353. The van der Waals surface area contributed by atoms with Crippen LogP contribution in [0.4, 0.5) is 11.4 Å². The van der Waals surface area contributed by atoms with Gasteiger partial charge in [-0.1, -0.05) is 25.4 Å². The van der Waals surface area contributed by atoms with E-state index in [1.54, 1.807) is 13.8 Å². The fourth-order valence-electron chi connectivity index (χ4n) is 1.29. The summed E-state index contributed by atoms with van der Waals surface area (Å²) in [6, 6.07) is 2.31. The summed E-state index contributed by atoms with van der Waals surface area (Å²) < 4.78 is 0. The van der Waals surface area contributed by atoms with Gasteiger partial charge in [0.25, 0.3) is 0 Å². The van der Waals surface area contributed by atoms with Crippen LogP contribution in [-0.4, -0.2) is 10.4 Å². The second-order valence-corrected chi connectivity index (χ2v) is 3.95. The first-order valence-corrected chi connectivity index (χ1v) is 4.88. The van der Waals surface area contributed by atoms with Crippen LogP contribution >= 0.6 is 11.6 Å². The van der Waals surface area contributed by atoms with Gasteiger partial charge in [0.1, 0.15) is 5.69 Å². The van der Waals surface area contributed by atoms with Gasteiger partial charge in [-0.25, -0.2) is 0 Å². The van der Waals surface area contributed by atoms with Crippen molar-refractivity contribution in [1.82, 2.24) is 0 Å². The van der Waals surface area contributed by atoms with E-state index >= 15 is 0 Å². The van der Waals surface area contributed by atoms with Gasteiger partial charge in [0, 0.05) is 5.69 Å². The molecule has 0 unspecified atom stereocenters. The summed E-state index contributed by atoms with van der Waals surface area (Å²) in [5.74, 6) is -0.0638. The van der Waals surface area contributed by atoms with E-state index in [-0.39, 0.29) is 27.5 Å². The Morgan fingerprint density at radius 1 is 1.25 bits per heavy atom. The first-order valence-electron chi connectivity index (χ1n) is 4.50. The van der Waals surface area contributed by atoms with Crippen molar-refractivity contribution in [2.24, 2.45) is 0 Å². The molecule has 0 saturated carbocycles. The number of benzene rings is 1. The zero-order valence-electron chi connectivity index (χ0n) is 8.72. The quantitative estimate of drug-likeness (QED) is 0.797. The molecule has 6 nitrogen and oxygen atoms in total. The van der Waals surface area contributed by atoms with Crippen molar-refractivity contribution >= 4 is 23.0 Å². The molecular weight excluding hydrogens is 236 g/mol. The number of halogens is 1. The molecule has 0 fully saturated rings. The summed E-state index contributed by atoms with van der Waals surface area (Å²) in [4.78, 5) is 0. The van der Waals surface area contributed by atoms with Crippen LogP contribution in [0, 0.1) is 10.4 Å². The highest BCUT2D eigenvalue weighted by atomic mass is 35.5. The third-order valence-electron chi connectivity index (χ3n) is 2.11. The van der Waals surface area contributed by atoms with Gasteiger partial charge in [-0.15, -0.1) is 5.23 Å². The minimum absolute atomic E-state index is 0.0638. The third-order valence-corrected chi connectivity index (χ3v) is 2.53. The van der Waals surface area contributed by atoms with Crippen LogP contribution in [0.5, 0.6) is 0 Å². The fourth-order valence-corrected chi connectivity index (χ4v) is 1.69. The van der Waals surface area contributed by atoms with Crippen molar-refractivity contribution < 1.29 is 10.4 Å². The van der Waals surface area contributed by atoms with Gasteiger partial charge in [0.15, 0.2) is 0 Å². The van der Waals surface area contributed by atoms with E-state index in [2.05, 4.69) is 0 Å².